The number of anilines is 1. The Morgan fingerprint density at radius 3 is 2.49 bits per heavy atom. The normalized spacial score (nSPS) is 11.0. The van der Waals surface area contributed by atoms with E-state index in [0.717, 1.165) is 22.8 Å². The Kier molecular flexibility index (Phi) is 8.03. The highest BCUT2D eigenvalue weighted by Gasteiger charge is 2.20. The molecule has 0 fully saturated rings. The molecule has 1 aromatic heterocycles. The number of benzene rings is 2. The molecule has 3 aromatic rings. The van der Waals surface area contributed by atoms with E-state index in [-0.39, 0.29) is 11.4 Å². The van der Waals surface area contributed by atoms with Gasteiger partial charge in [0.05, 0.1) is 17.2 Å². The Labute approximate surface area is 207 Å². The van der Waals surface area contributed by atoms with Gasteiger partial charge in [0.15, 0.2) is 6.61 Å². The first-order valence-corrected chi connectivity index (χ1v) is 11.1. The van der Waals surface area contributed by atoms with Crippen LogP contribution in [-0.2, 0) is 20.9 Å². The number of esters is 1. The predicted molar refractivity (Wildman–Crippen MR) is 133 cm³/mol. The molecule has 0 atom stereocenters. The minimum atomic E-state index is -0.766. The number of aryl methyl sites for hydroxylation is 3. The van der Waals surface area contributed by atoms with Crippen molar-refractivity contribution in [1.82, 2.24) is 9.78 Å². The smallest absolute Gasteiger partial charge is 0.331 e. The summed E-state index contributed by atoms with van der Waals surface area (Å²) in [6, 6.07) is 10.9. The maximum absolute atomic E-state index is 12.3. The van der Waals surface area contributed by atoms with E-state index in [4.69, 9.17) is 16.3 Å². The second kappa shape index (κ2) is 11.0. The van der Waals surface area contributed by atoms with Crippen molar-refractivity contribution in [1.29, 1.82) is 0 Å². The average molecular weight is 497 g/mol. The van der Waals surface area contributed by atoms with Crippen LogP contribution < -0.4 is 5.32 Å². The van der Waals surface area contributed by atoms with E-state index in [2.05, 4.69) is 10.4 Å². The van der Waals surface area contributed by atoms with E-state index < -0.39 is 23.4 Å². The van der Waals surface area contributed by atoms with Crippen LogP contribution in [0.5, 0.6) is 0 Å². The fourth-order valence-electron chi connectivity index (χ4n) is 3.35. The van der Waals surface area contributed by atoms with E-state index in [0.29, 0.717) is 28.5 Å². The van der Waals surface area contributed by atoms with Crippen molar-refractivity contribution in [2.24, 2.45) is 0 Å². The van der Waals surface area contributed by atoms with Gasteiger partial charge in [-0.2, -0.15) is 5.10 Å². The van der Waals surface area contributed by atoms with Gasteiger partial charge in [-0.05, 0) is 50.5 Å². The first kappa shape index (κ1) is 25.6. The first-order valence-electron chi connectivity index (χ1n) is 10.7. The molecule has 3 rings (SSSR count). The molecule has 0 radical (unpaired) electrons. The standard InChI is InChI=1S/C25H25ClN4O5/c1-15-5-8-19(9-6-15)13-29-25(26)20(18(4)28-29)10-12-23(32)35-14-22(31)27-24-17(3)16(2)7-11-21(24)30(33)34/h5-12H,13-14H2,1-4H3,(H,27,31)/b12-10+. The molecule has 182 valence electrons. The zero-order chi connectivity index (χ0) is 25.7. The van der Waals surface area contributed by atoms with Crippen LogP contribution in [0.25, 0.3) is 6.08 Å². The molecule has 0 aliphatic carbocycles. The lowest BCUT2D eigenvalue weighted by molar-refractivity contribution is -0.384. The Bertz CT molecular complexity index is 1310. The number of rotatable bonds is 8. The van der Waals surface area contributed by atoms with Crippen molar-refractivity contribution in [3.63, 3.8) is 0 Å². The molecule has 0 saturated carbocycles. The van der Waals surface area contributed by atoms with E-state index >= 15 is 0 Å². The van der Waals surface area contributed by atoms with Gasteiger partial charge < -0.3 is 10.1 Å². The highest BCUT2D eigenvalue weighted by molar-refractivity contribution is 6.31. The van der Waals surface area contributed by atoms with Crippen molar-refractivity contribution in [3.05, 3.63) is 91.3 Å². The molecule has 1 amide bonds. The van der Waals surface area contributed by atoms with Crippen molar-refractivity contribution in [3.8, 4) is 0 Å². The first-order chi connectivity index (χ1) is 16.6. The predicted octanol–water partition coefficient (Wildman–Crippen LogP) is 4.92. The van der Waals surface area contributed by atoms with Crippen LogP contribution in [0.15, 0.2) is 42.5 Å². The number of nitro benzene ring substituents is 1. The van der Waals surface area contributed by atoms with Crippen molar-refractivity contribution >= 4 is 40.9 Å². The Morgan fingerprint density at radius 2 is 1.83 bits per heavy atom. The molecule has 1 heterocycles. The van der Waals surface area contributed by atoms with Gasteiger partial charge in [0, 0.05) is 17.7 Å². The van der Waals surface area contributed by atoms with E-state index in [1.54, 1.807) is 31.5 Å². The molecule has 0 spiro atoms. The number of ether oxygens (including phenoxy) is 1. The SMILES string of the molecule is Cc1ccc(Cn2nc(C)c(/C=C/C(=O)OCC(=O)Nc3c([N+](=O)[O-])ccc(C)c3C)c2Cl)cc1. The zero-order valence-corrected chi connectivity index (χ0v) is 20.5. The van der Waals surface area contributed by atoms with Gasteiger partial charge in [-0.1, -0.05) is 47.5 Å². The number of carbonyl (C=O) groups is 2. The molecule has 0 aliphatic rings. The van der Waals surface area contributed by atoms with Crippen molar-refractivity contribution < 1.29 is 19.2 Å². The number of halogens is 1. The van der Waals surface area contributed by atoms with Crippen LogP contribution in [0.3, 0.4) is 0 Å². The van der Waals surface area contributed by atoms with Gasteiger partial charge >= 0.3 is 5.97 Å². The molecule has 0 unspecified atom stereocenters. The maximum atomic E-state index is 12.3. The summed E-state index contributed by atoms with van der Waals surface area (Å²) in [6.07, 6.45) is 2.63. The summed E-state index contributed by atoms with van der Waals surface area (Å²) in [5.41, 5.74) is 4.56. The van der Waals surface area contributed by atoms with Crippen LogP contribution in [0.4, 0.5) is 11.4 Å². The van der Waals surface area contributed by atoms with Crippen LogP contribution in [0, 0.1) is 37.8 Å². The van der Waals surface area contributed by atoms with Crippen molar-refractivity contribution in [2.75, 3.05) is 11.9 Å². The molecule has 10 heteroatoms. The number of nitrogens with zero attached hydrogens (tertiary/aromatic N) is 3. The minimum Gasteiger partial charge on any atom is -0.452 e. The molecule has 0 saturated heterocycles. The van der Waals surface area contributed by atoms with Gasteiger partial charge in [-0.3, -0.25) is 14.9 Å². The largest absolute Gasteiger partial charge is 0.452 e. The van der Waals surface area contributed by atoms with Crippen LogP contribution in [0.1, 0.15) is 33.5 Å². The fraction of sp³-hybridized carbons (Fsp3) is 0.240. The van der Waals surface area contributed by atoms with E-state index in [1.807, 2.05) is 31.2 Å². The number of nitrogens with one attached hydrogen (secondary N) is 1. The van der Waals surface area contributed by atoms with Crippen molar-refractivity contribution in [2.45, 2.75) is 34.2 Å². The van der Waals surface area contributed by atoms with Gasteiger partial charge in [0.1, 0.15) is 10.8 Å². The number of amides is 1. The summed E-state index contributed by atoms with van der Waals surface area (Å²) >= 11 is 6.46. The third-order valence-electron chi connectivity index (χ3n) is 5.47. The fourth-order valence-corrected chi connectivity index (χ4v) is 3.65. The monoisotopic (exact) mass is 496 g/mol. The summed E-state index contributed by atoms with van der Waals surface area (Å²) in [5.74, 6) is -1.46. The van der Waals surface area contributed by atoms with Gasteiger partial charge in [0.25, 0.3) is 11.6 Å². The summed E-state index contributed by atoms with van der Waals surface area (Å²) in [4.78, 5) is 35.1. The third kappa shape index (κ3) is 6.33. The third-order valence-corrected chi connectivity index (χ3v) is 5.87. The summed E-state index contributed by atoms with van der Waals surface area (Å²) < 4.78 is 6.62. The lowest BCUT2D eigenvalue weighted by Crippen LogP contribution is -2.21. The molecule has 0 aliphatic heterocycles. The number of aromatic nitrogens is 2. The maximum Gasteiger partial charge on any atom is 0.331 e. The van der Waals surface area contributed by atoms with Gasteiger partial charge in [0.2, 0.25) is 0 Å². The molecule has 35 heavy (non-hydrogen) atoms. The molecule has 1 N–H and O–H groups in total. The molecular weight excluding hydrogens is 472 g/mol. The van der Waals surface area contributed by atoms with E-state index in [9.17, 15) is 19.7 Å². The minimum absolute atomic E-state index is 0.0787. The zero-order valence-electron chi connectivity index (χ0n) is 19.8. The number of nitro groups is 1. The highest BCUT2D eigenvalue weighted by Crippen LogP contribution is 2.30. The number of carbonyl (C=O) groups excluding carboxylic acids is 2. The van der Waals surface area contributed by atoms with Crippen LogP contribution >= 0.6 is 11.6 Å². The summed E-state index contributed by atoms with van der Waals surface area (Å²) in [7, 11) is 0. The van der Waals surface area contributed by atoms with Gasteiger partial charge in [-0.25, -0.2) is 9.48 Å². The van der Waals surface area contributed by atoms with Gasteiger partial charge in [-0.15, -0.1) is 0 Å². The Balaban J connectivity index is 1.62. The summed E-state index contributed by atoms with van der Waals surface area (Å²) in [6.45, 7) is 7.09. The summed E-state index contributed by atoms with van der Waals surface area (Å²) in [5, 5.41) is 18.5. The molecule has 0 bridgehead atoms. The average Bonchev–Trinajstić information content (AvgIpc) is 3.07. The lowest BCUT2D eigenvalue weighted by Gasteiger charge is -2.11. The van der Waals surface area contributed by atoms with Crippen LogP contribution in [0.2, 0.25) is 5.15 Å². The quantitative estimate of drug-likeness (QED) is 0.205. The Morgan fingerprint density at radius 1 is 1.14 bits per heavy atom. The molecule has 2 aromatic carbocycles. The lowest BCUT2D eigenvalue weighted by atomic mass is 10.1. The number of hydrogen-bond donors (Lipinski definition) is 1. The van der Waals surface area contributed by atoms with Crippen LogP contribution in [-0.4, -0.2) is 33.2 Å². The number of hydrogen-bond acceptors (Lipinski definition) is 6. The molecule has 9 nitrogen and oxygen atoms in total. The highest BCUT2D eigenvalue weighted by atomic mass is 35.5. The topological polar surface area (TPSA) is 116 Å². The second-order valence-corrected chi connectivity index (χ2v) is 8.44. The Hall–Kier alpha value is -3.98. The molecular formula is C25H25ClN4O5. The van der Waals surface area contributed by atoms with E-state index in [1.165, 1.54) is 12.1 Å². The second-order valence-electron chi connectivity index (χ2n) is 8.08.